The minimum Gasteiger partial charge on any atom is -0.264 e. The van der Waals surface area contributed by atoms with E-state index in [9.17, 15) is 0 Å². The smallest absolute Gasteiger partial charge is 0.0406 e. The zero-order valence-electron chi connectivity index (χ0n) is 8.57. The Hall–Kier alpha value is -1.34. The van der Waals surface area contributed by atoms with Gasteiger partial charge in [0, 0.05) is 23.0 Å². The Kier molecular flexibility index (Phi) is 3.02. The van der Waals surface area contributed by atoms with Gasteiger partial charge in [-0.2, -0.15) is 0 Å². The van der Waals surface area contributed by atoms with Crippen LogP contribution in [0, 0.1) is 0 Å². The lowest BCUT2D eigenvalue weighted by molar-refractivity contribution is 1.10. The number of halogens is 1. The molecule has 0 N–H and O–H groups in total. The molecule has 0 fully saturated rings. The van der Waals surface area contributed by atoms with Gasteiger partial charge in [0.2, 0.25) is 0 Å². The molecule has 0 aliphatic heterocycles. The summed E-state index contributed by atoms with van der Waals surface area (Å²) in [6, 6.07) is 9.98. The van der Waals surface area contributed by atoms with Crippen LogP contribution in [0.15, 0.2) is 42.7 Å². The third-order valence-electron chi connectivity index (χ3n) is 2.38. The van der Waals surface area contributed by atoms with E-state index in [4.69, 9.17) is 11.6 Å². The van der Waals surface area contributed by atoms with Crippen LogP contribution in [0.1, 0.15) is 12.5 Å². The maximum absolute atomic E-state index is 5.84. The first kappa shape index (κ1) is 10.2. The van der Waals surface area contributed by atoms with Gasteiger partial charge < -0.3 is 0 Å². The molecule has 1 aromatic heterocycles. The van der Waals surface area contributed by atoms with Crippen molar-refractivity contribution in [2.24, 2.45) is 0 Å². The third kappa shape index (κ3) is 2.37. The molecule has 2 heteroatoms. The summed E-state index contributed by atoms with van der Waals surface area (Å²) in [6.45, 7) is 2.13. The second-order valence-electron chi connectivity index (χ2n) is 3.44. The number of nitrogens with zero attached hydrogens (tertiary/aromatic N) is 1. The maximum Gasteiger partial charge on any atom is 0.0406 e. The molecule has 0 bridgehead atoms. The van der Waals surface area contributed by atoms with Gasteiger partial charge in [-0.3, -0.25) is 4.98 Å². The molecule has 15 heavy (non-hydrogen) atoms. The summed E-state index contributed by atoms with van der Waals surface area (Å²) in [7, 11) is 0. The average Bonchev–Trinajstić information content (AvgIpc) is 2.30. The molecular formula is C13H12ClN. The summed E-state index contributed by atoms with van der Waals surface area (Å²) in [5.74, 6) is 0. The summed E-state index contributed by atoms with van der Waals surface area (Å²) < 4.78 is 0. The SMILES string of the molecule is CCc1cncc(-c2ccc(Cl)cc2)c1. The van der Waals surface area contributed by atoms with Gasteiger partial charge in [0.15, 0.2) is 0 Å². The Morgan fingerprint density at radius 1 is 1.07 bits per heavy atom. The van der Waals surface area contributed by atoms with Gasteiger partial charge in [0.25, 0.3) is 0 Å². The summed E-state index contributed by atoms with van der Waals surface area (Å²) >= 11 is 5.84. The predicted molar refractivity (Wildman–Crippen MR) is 64.1 cm³/mol. The van der Waals surface area contributed by atoms with Crippen LogP contribution < -0.4 is 0 Å². The van der Waals surface area contributed by atoms with E-state index in [0.717, 1.165) is 22.6 Å². The van der Waals surface area contributed by atoms with Gasteiger partial charge in [-0.05, 0) is 35.7 Å². The molecule has 0 spiro atoms. The first-order valence-corrected chi connectivity index (χ1v) is 5.37. The molecule has 2 rings (SSSR count). The van der Waals surface area contributed by atoms with Crippen LogP contribution >= 0.6 is 11.6 Å². The fraction of sp³-hybridized carbons (Fsp3) is 0.154. The van der Waals surface area contributed by atoms with E-state index in [0.29, 0.717) is 0 Å². The highest BCUT2D eigenvalue weighted by molar-refractivity contribution is 6.30. The molecule has 0 saturated carbocycles. The monoisotopic (exact) mass is 217 g/mol. The zero-order valence-corrected chi connectivity index (χ0v) is 9.33. The van der Waals surface area contributed by atoms with Crippen molar-refractivity contribution < 1.29 is 0 Å². The fourth-order valence-corrected chi connectivity index (χ4v) is 1.61. The van der Waals surface area contributed by atoms with Crippen LogP contribution in [-0.2, 0) is 6.42 Å². The van der Waals surface area contributed by atoms with Gasteiger partial charge in [0.1, 0.15) is 0 Å². The zero-order chi connectivity index (χ0) is 10.7. The second-order valence-corrected chi connectivity index (χ2v) is 3.88. The minimum absolute atomic E-state index is 0.762. The van der Waals surface area contributed by atoms with Crippen LogP contribution in [-0.4, -0.2) is 4.98 Å². The van der Waals surface area contributed by atoms with Crippen molar-refractivity contribution in [1.29, 1.82) is 0 Å². The van der Waals surface area contributed by atoms with Crippen molar-refractivity contribution in [2.45, 2.75) is 13.3 Å². The molecule has 0 aliphatic rings. The molecule has 0 saturated heterocycles. The van der Waals surface area contributed by atoms with Crippen LogP contribution in [0.2, 0.25) is 5.02 Å². The second kappa shape index (κ2) is 4.45. The van der Waals surface area contributed by atoms with Gasteiger partial charge in [0.05, 0.1) is 0 Å². The number of benzene rings is 1. The van der Waals surface area contributed by atoms with Gasteiger partial charge in [-0.1, -0.05) is 30.7 Å². The lowest BCUT2D eigenvalue weighted by atomic mass is 10.1. The standard InChI is InChI=1S/C13H12ClN/c1-2-10-7-12(9-15-8-10)11-3-5-13(14)6-4-11/h3-9H,2H2,1H3. The molecule has 0 amide bonds. The Morgan fingerprint density at radius 2 is 1.80 bits per heavy atom. The van der Waals surface area contributed by atoms with E-state index in [1.165, 1.54) is 5.56 Å². The van der Waals surface area contributed by atoms with Crippen LogP contribution in [0.25, 0.3) is 11.1 Å². The summed E-state index contributed by atoms with van der Waals surface area (Å²) in [6.07, 6.45) is 4.79. The topological polar surface area (TPSA) is 12.9 Å². The van der Waals surface area contributed by atoms with Crippen molar-refractivity contribution in [3.8, 4) is 11.1 Å². The first-order chi connectivity index (χ1) is 7.29. The van der Waals surface area contributed by atoms with Crippen molar-refractivity contribution in [2.75, 3.05) is 0 Å². The molecule has 0 radical (unpaired) electrons. The summed E-state index contributed by atoms with van der Waals surface area (Å²) in [5, 5.41) is 0.762. The molecule has 0 unspecified atom stereocenters. The summed E-state index contributed by atoms with van der Waals surface area (Å²) in [4.78, 5) is 4.22. The lowest BCUT2D eigenvalue weighted by Gasteiger charge is -2.03. The molecule has 76 valence electrons. The lowest BCUT2D eigenvalue weighted by Crippen LogP contribution is -1.85. The summed E-state index contributed by atoms with van der Waals surface area (Å²) in [5.41, 5.74) is 3.55. The molecular weight excluding hydrogens is 206 g/mol. The predicted octanol–water partition coefficient (Wildman–Crippen LogP) is 3.96. The third-order valence-corrected chi connectivity index (χ3v) is 2.63. The Bertz CT molecular complexity index is 448. The van der Waals surface area contributed by atoms with Crippen molar-refractivity contribution in [3.63, 3.8) is 0 Å². The Balaban J connectivity index is 2.40. The van der Waals surface area contributed by atoms with Crippen molar-refractivity contribution in [1.82, 2.24) is 4.98 Å². The van der Waals surface area contributed by atoms with Crippen LogP contribution in [0.4, 0.5) is 0 Å². The number of hydrogen-bond donors (Lipinski definition) is 0. The highest BCUT2D eigenvalue weighted by Crippen LogP contribution is 2.21. The van der Waals surface area contributed by atoms with Crippen LogP contribution in [0.5, 0.6) is 0 Å². The van der Waals surface area contributed by atoms with E-state index in [1.807, 2.05) is 36.7 Å². The highest BCUT2D eigenvalue weighted by Gasteiger charge is 1.98. The average molecular weight is 218 g/mol. The normalized spacial score (nSPS) is 10.3. The Labute approximate surface area is 94.7 Å². The van der Waals surface area contributed by atoms with Gasteiger partial charge in [-0.15, -0.1) is 0 Å². The van der Waals surface area contributed by atoms with E-state index in [-0.39, 0.29) is 0 Å². The number of aryl methyl sites for hydroxylation is 1. The quantitative estimate of drug-likeness (QED) is 0.742. The van der Waals surface area contributed by atoms with E-state index >= 15 is 0 Å². The molecule has 0 aliphatic carbocycles. The fourth-order valence-electron chi connectivity index (χ4n) is 1.48. The van der Waals surface area contributed by atoms with Gasteiger partial charge >= 0.3 is 0 Å². The van der Waals surface area contributed by atoms with Crippen molar-refractivity contribution >= 4 is 11.6 Å². The molecule has 1 heterocycles. The molecule has 0 atom stereocenters. The maximum atomic E-state index is 5.84. The number of hydrogen-bond acceptors (Lipinski definition) is 1. The first-order valence-electron chi connectivity index (χ1n) is 4.99. The number of rotatable bonds is 2. The number of aromatic nitrogens is 1. The molecule has 1 aromatic carbocycles. The molecule has 2 aromatic rings. The van der Waals surface area contributed by atoms with Crippen molar-refractivity contribution in [3.05, 3.63) is 53.3 Å². The minimum atomic E-state index is 0.762. The van der Waals surface area contributed by atoms with Crippen LogP contribution in [0.3, 0.4) is 0 Å². The van der Waals surface area contributed by atoms with E-state index in [2.05, 4.69) is 18.0 Å². The number of pyridine rings is 1. The highest BCUT2D eigenvalue weighted by atomic mass is 35.5. The van der Waals surface area contributed by atoms with E-state index < -0.39 is 0 Å². The molecule has 1 nitrogen and oxygen atoms in total. The Morgan fingerprint density at radius 3 is 2.47 bits per heavy atom. The largest absolute Gasteiger partial charge is 0.264 e. The van der Waals surface area contributed by atoms with Gasteiger partial charge in [-0.25, -0.2) is 0 Å². The van der Waals surface area contributed by atoms with E-state index in [1.54, 1.807) is 0 Å².